The molecule has 0 amide bonds. The van der Waals surface area contributed by atoms with E-state index in [2.05, 4.69) is 0 Å². The Kier molecular flexibility index (Phi) is 2.49. The number of phenols is 1. The van der Waals surface area contributed by atoms with Crippen molar-refractivity contribution in [2.75, 3.05) is 0 Å². The van der Waals surface area contributed by atoms with Crippen molar-refractivity contribution in [3.05, 3.63) is 27.3 Å². The standard InChI is InChI=1S/C8H7IO2/c1-5(10)6-3-2-4-7(11)8(6)9/h2-4,11H,1H3. The molecular formula is C8H7IO2. The van der Waals surface area contributed by atoms with Gasteiger partial charge in [0.1, 0.15) is 5.75 Å². The van der Waals surface area contributed by atoms with Crippen LogP contribution >= 0.6 is 22.6 Å². The minimum absolute atomic E-state index is 0.0229. The molecule has 2 nitrogen and oxygen atoms in total. The largest absolute Gasteiger partial charge is 0.507 e. The monoisotopic (exact) mass is 262 g/mol. The highest BCUT2D eigenvalue weighted by Crippen LogP contribution is 2.22. The van der Waals surface area contributed by atoms with Gasteiger partial charge in [0, 0.05) is 5.56 Å². The van der Waals surface area contributed by atoms with E-state index in [1.54, 1.807) is 18.2 Å². The number of carbonyl (C=O) groups excluding carboxylic acids is 1. The smallest absolute Gasteiger partial charge is 0.161 e. The second kappa shape index (κ2) is 3.21. The van der Waals surface area contributed by atoms with Crippen molar-refractivity contribution in [2.45, 2.75) is 6.92 Å². The minimum Gasteiger partial charge on any atom is -0.507 e. The third-order valence-corrected chi connectivity index (χ3v) is 2.49. The Hall–Kier alpha value is -0.580. The van der Waals surface area contributed by atoms with Gasteiger partial charge >= 0.3 is 0 Å². The lowest BCUT2D eigenvalue weighted by molar-refractivity contribution is 0.101. The van der Waals surface area contributed by atoms with E-state index in [0.29, 0.717) is 9.13 Å². The number of hydrogen-bond acceptors (Lipinski definition) is 2. The molecule has 0 radical (unpaired) electrons. The van der Waals surface area contributed by atoms with Crippen LogP contribution < -0.4 is 0 Å². The number of aromatic hydroxyl groups is 1. The van der Waals surface area contributed by atoms with Crippen molar-refractivity contribution in [1.29, 1.82) is 0 Å². The lowest BCUT2D eigenvalue weighted by atomic mass is 10.1. The maximum atomic E-state index is 10.9. The summed E-state index contributed by atoms with van der Waals surface area (Å²) in [4.78, 5) is 10.9. The predicted molar refractivity (Wildman–Crippen MR) is 50.8 cm³/mol. The molecule has 0 aliphatic carbocycles. The Labute approximate surface area is 78.4 Å². The van der Waals surface area contributed by atoms with Gasteiger partial charge < -0.3 is 5.11 Å². The molecule has 1 aromatic rings. The molecule has 3 heteroatoms. The lowest BCUT2D eigenvalue weighted by Crippen LogP contribution is -1.94. The van der Waals surface area contributed by atoms with Crippen molar-refractivity contribution in [2.24, 2.45) is 0 Å². The van der Waals surface area contributed by atoms with Crippen molar-refractivity contribution in [3.8, 4) is 5.75 Å². The first-order valence-electron chi connectivity index (χ1n) is 3.11. The SMILES string of the molecule is CC(=O)c1cccc(O)c1I. The molecule has 0 saturated heterocycles. The maximum absolute atomic E-state index is 10.9. The van der Waals surface area contributed by atoms with Gasteiger partial charge in [-0.15, -0.1) is 0 Å². The molecule has 0 atom stereocenters. The van der Waals surface area contributed by atoms with Gasteiger partial charge in [-0.25, -0.2) is 0 Å². The number of Topliss-reactive ketones (excluding diaryl/α,β-unsaturated/α-hetero) is 1. The number of hydrogen-bond donors (Lipinski definition) is 1. The number of ketones is 1. The minimum atomic E-state index is -0.0229. The Balaban J connectivity index is 3.27. The topological polar surface area (TPSA) is 37.3 Å². The van der Waals surface area contributed by atoms with Crippen LogP contribution in [0.3, 0.4) is 0 Å². The summed E-state index contributed by atoms with van der Waals surface area (Å²) < 4.78 is 0.623. The molecule has 0 fully saturated rings. The van der Waals surface area contributed by atoms with E-state index in [9.17, 15) is 9.90 Å². The molecule has 0 saturated carbocycles. The highest BCUT2D eigenvalue weighted by Gasteiger charge is 2.06. The first-order chi connectivity index (χ1) is 5.13. The van der Waals surface area contributed by atoms with Gasteiger partial charge in [-0.2, -0.15) is 0 Å². The summed E-state index contributed by atoms with van der Waals surface area (Å²) in [5.41, 5.74) is 0.575. The molecule has 58 valence electrons. The zero-order valence-electron chi connectivity index (χ0n) is 5.97. The molecule has 0 heterocycles. The number of halogens is 1. The van der Waals surface area contributed by atoms with Crippen molar-refractivity contribution >= 4 is 28.4 Å². The van der Waals surface area contributed by atoms with E-state index in [1.807, 2.05) is 22.6 Å². The molecule has 1 aromatic carbocycles. The predicted octanol–water partition coefficient (Wildman–Crippen LogP) is 2.20. The zero-order valence-corrected chi connectivity index (χ0v) is 8.12. The third-order valence-electron chi connectivity index (χ3n) is 1.36. The van der Waals surface area contributed by atoms with Crippen molar-refractivity contribution < 1.29 is 9.90 Å². The van der Waals surface area contributed by atoms with Crippen LogP contribution in [0.25, 0.3) is 0 Å². The Morgan fingerprint density at radius 3 is 2.64 bits per heavy atom. The number of carbonyl (C=O) groups is 1. The molecular weight excluding hydrogens is 255 g/mol. The van der Waals surface area contributed by atoms with Crippen LogP contribution in [-0.4, -0.2) is 10.9 Å². The highest BCUT2D eigenvalue weighted by molar-refractivity contribution is 14.1. The van der Waals surface area contributed by atoms with Gasteiger partial charge in [-0.1, -0.05) is 12.1 Å². The first-order valence-corrected chi connectivity index (χ1v) is 4.19. The number of phenolic OH excluding ortho intramolecular Hbond substituents is 1. The van der Waals surface area contributed by atoms with Gasteiger partial charge in [0.05, 0.1) is 3.57 Å². The fraction of sp³-hybridized carbons (Fsp3) is 0.125. The van der Waals surface area contributed by atoms with E-state index in [1.165, 1.54) is 6.92 Å². The maximum Gasteiger partial charge on any atom is 0.161 e. The van der Waals surface area contributed by atoms with E-state index in [-0.39, 0.29) is 11.5 Å². The number of benzene rings is 1. The van der Waals surface area contributed by atoms with Gasteiger partial charge in [0.2, 0.25) is 0 Å². The first kappa shape index (κ1) is 8.52. The van der Waals surface area contributed by atoms with Gasteiger partial charge in [-0.3, -0.25) is 4.79 Å². The van der Waals surface area contributed by atoms with Crippen LogP contribution in [0.1, 0.15) is 17.3 Å². The summed E-state index contributed by atoms with van der Waals surface area (Å²) >= 11 is 1.95. The number of rotatable bonds is 1. The summed E-state index contributed by atoms with van der Waals surface area (Å²) in [7, 11) is 0. The van der Waals surface area contributed by atoms with Crippen LogP contribution in [0.2, 0.25) is 0 Å². The van der Waals surface area contributed by atoms with E-state index >= 15 is 0 Å². The van der Waals surface area contributed by atoms with Crippen molar-refractivity contribution in [1.82, 2.24) is 0 Å². The Morgan fingerprint density at radius 1 is 1.55 bits per heavy atom. The average Bonchev–Trinajstić information content (AvgIpc) is 1.94. The molecule has 0 aromatic heterocycles. The quantitative estimate of drug-likeness (QED) is 0.622. The third kappa shape index (κ3) is 1.71. The summed E-state index contributed by atoms with van der Waals surface area (Å²) in [6.45, 7) is 1.48. The van der Waals surface area contributed by atoms with Gasteiger partial charge in [-0.05, 0) is 35.6 Å². The van der Waals surface area contributed by atoms with Gasteiger partial charge in [0.25, 0.3) is 0 Å². The molecule has 0 spiro atoms. The van der Waals surface area contributed by atoms with E-state index in [0.717, 1.165) is 0 Å². The summed E-state index contributed by atoms with van der Waals surface area (Å²) in [6.07, 6.45) is 0. The molecule has 11 heavy (non-hydrogen) atoms. The van der Waals surface area contributed by atoms with Crippen LogP contribution in [0.15, 0.2) is 18.2 Å². The molecule has 0 unspecified atom stereocenters. The van der Waals surface area contributed by atoms with E-state index < -0.39 is 0 Å². The fourth-order valence-electron chi connectivity index (χ4n) is 0.792. The molecule has 1 rings (SSSR count). The van der Waals surface area contributed by atoms with Crippen LogP contribution in [-0.2, 0) is 0 Å². The van der Waals surface area contributed by atoms with Crippen molar-refractivity contribution in [3.63, 3.8) is 0 Å². The second-order valence-corrected chi connectivity index (χ2v) is 3.27. The van der Waals surface area contributed by atoms with Gasteiger partial charge in [0.15, 0.2) is 5.78 Å². The summed E-state index contributed by atoms with van der Waals surface area (Å²) in [5.74, 6) is 0.142. The molecule has 0 aliphatic heterocycles. The fourth-order valence-corrected chi connectivity index (χ4v) is 1.53. The molecule has 0 bridgehead atoms. The summed E-state index contributed by atoms with van der Waals surface area (Å²) in [6, 6.07) is 4.92. The van der Waals surface area contributed by atoms with E-state index in [4.69, 9.17) is 0 Å². The van der Waals surface area contributed by atoms with Crippen LogP contribution in [0.4, 0.5) is 0 Å². The highest BCUT2D eigenvalue weighted by atomic mass is 127. The lowest BCUT2D eigenvalue weighted by Gasteiger charge is -2.00. The van der Waals surface area contributed by atoms with Crippen LogP contribution in [0.5, 0.6) is 5.75 Å². The normalized spacial score (nSPS) is 9.64. The average molecular weight is 262 g/mol. The zero-order chi connectivity index (χ0) is 8.43. The molecule has 1 N–H and O–H groups in total. The summed E-state index contributed by atoms with van der Waals surface area (Å²) in [5, 5.41) is 9.19. The second-order valence-electron chi connectivity index (χ2n) is 2.19. The Morgan fingerprint density at radius 2 is 2.18 bits per heavy atom. The van der Waals surface area contributed by atoms with Crippen LogP contribution in [0, 0.1) is 3.57 Å². The Bertz CT molecular complexity index is 294. The molecule has 0 aliphatic rings.